The molecule has 0 aromatic carbocycles. The van der Waals surface area contributed by atoms with E-state index in [1.165, 1.54) is 5.57 Å². The molecule has 0 spiro atoms. The van der Waals surface area contributed by atoms with Crippen molar-refractivity contribution in [2.24, 2.45) is 0 Å². The van der Waals surface area contributed by atoms with Gasteiger partial charge in [-0.15, -0.1) is 0 Å². The van der Waals surface area contributed by atoms with Crippen LogP contribution in [-0.4, -0.2) is 22.9 Å². The number of rotatable bonds is 2. The van der Waals surface area contributed by atoms with E-state index in [-0.39, 0.29) is 22.9 Å². The van der Waals surface area contributed by atoms with Crippen LogP contribution in [0.25, 0.3) is 0 Å². The Morgan fingerprint density at radius 1 is 1.43 bits per heavy atom. The second kappa shape index (κ2) is 1.90. The Labute approximate surface area is 83.9 Å². The Morgan fingerprint density at radius 3 is 2.71 bits per heavy atom. The summed E-state index contributed by atoms with van der Waals surface area (Å²) in [5.74, 6) is 0. The van der Waals surface area contributed by atoms with Crippen LogP contribution in [-0.2, 0) is 9.47 Å². The molecule has 2 fully saturated rings. The van der Waals surface area contributed by atoms with E-state index >= 15 is 0 Å². The standard InChI is InChI=1S/C12H14O2/c1-5-11-7-8(3)12(6-2)10(4,14-12)9(11)13-11/h5-7,9H,1-2H2,3-4H3. The third-order valence-electron chi connectivity index (χ3n) is 3.88. The van der Waals surface area contributed by atoms with Crippen LogP contribution in [0.2, 0.25) is 0 Å². The highest BCUT2D eigenvalue weighted by Crippen LogP contribution is 2.68. The highest BCUT2D eigenvalue weighted by atomic mass is 16.7. The van der Waals surface area contributed by atoms with Gasteiger partial charge in [0, 0.05) is 0 Å². The first-order chi connectivity index (χ1) is 6.55. The van der Waals surface area contributed by atoms with Crippen molar-refractivity contribution in [2.45, 2.75) is 36.8 Å². The molecule has 4 unspecified atom stereocenters. The Kier molecular flexibility index (Phi) is 1.15. The topological polar surface area (TPSA) is 25.1 Å². The molecule has 0 saturated carbocycles. The Morgan fingerprint density at radius 2 is 2.14 bits per heavy atom. The van der Waals surface area contributed by atoms with Crippen molar-refractivity contribution in [1.29, 1.82) is 0 Å². The van der Waals surface area contributed by atoms with Gasteiger partial charge in [-0.25, -0.2) is 0 Å². The van der Waals surface area contributed by atoms with E-state index in [2.05, 4.69) is 33.1 Å². The Hall–Kier alpha value is -0.860. The number of fused-ring (bicyclic) bond motifs is 3. The quantitative estimate of drug-likeness (QED) is 0.491. The van der Waals surface area contributed by atoms with Crippen LogP contribution in [0, 0.1) is 0 Å². The lowest BCUT2D eigenvalue weighted by Crippen LogP contribution is -2.35. The van der Waals surface area contributed by atoms with Gasteiger partial charge in [0.15, 0.2) is 0 Å². The number of hydrogen-bond donors (Lipinski definition) is 0. The molecule has 2 nitrogen and oxygen atoms in total. The van der Waals surface area contributed by atoms with Crippen LogP contribution < -0.4 is 0 Å². The van der Waals surface area contributed by atoms with Gasteiger partial charge in [0.1, 0.15) is 22.9 Å². The first kappa shape index (κ1) is 8.45. The van der Waals surface area contributed by atoms with Crippen LogP contribution >= 0.6 is 0 Å². The van der Waals surface area contributed by atoms with Gasteiger partial charge >= 0.3 is 0 Å². The maximum absolute atomic E-state index is 5.84. The minimum atomic E-state index is -0.277. The first-order valence-electron chi connectivity index (χ1n) is 4.90. The molecule has 14 heavy (non-hydrogen) atoms. The zero-order chi connectivity index (χ0) is 10.2. The molecule has 2 heteroatoms. The molecule has 0 radical (unpaired) electrons. The van der Waals surface area contributed by atoms with E-state index in [1.807, 2.05) is 12.2 Å². The molecule has 0 aromatic rings. The highest BCUT2D eigenvalue weighted by Gasteiger charge is 2.82. The first-order valence-corrected chi connectivity index (χ1v) is 4.90. The highest BCUT2D eigenvalue weighted by molar-refractivity contribution is 5.52. The van der Waals surface area contributed by atoms with Crippen molar-refractivity contribution in [1.82, 2.24) is 0 Å². The van der Waals surface area contributed by atoms with E-state index in [4.69, 9.17) is 9.47 Å². The summed E-state index contributed by atoms with van der Waals surface area (Å²) in [5, 5.41) is 0. The molecule has 4 atom stereocenters. The molecule has 0 aromatic heterocycles. The Balaban J connectivity index is 2.14. The summed E-state index contributed by atoms with van der Waals surface area (Å²) in [4.78, 5) is 0. The van der Waals surface area contributed by atoms with Gasteiger partial charge in [0.2, 0.25) is 0 Å². The molecular weight excluding hydrogens is 176 g/mol. The maximum Gasteiger partial charge on any atom is 0.139 e. The van der Waals surface area contributed by atoms with Crippen molar-refractivity contribution in [2.75, 3.05) is 0 Å². The van der Waals surface area contributed by atoms with Gasteiger partial charge in [-0.3, -0.25) is 0 Å². The van der Waals surface area contributed by atoms with Crippen molar-refractivity contribution < 1.29 is 9.47 Å². The monoisotopic (exact) mass is 190 g/mol. The van der Waals surface area contributed by atoms with Crippen LogP contribution in [0.5, 0.6) is 0 Å². The fraction of sp³-hybridized carbons (Fsp3) is 0.500. The molecule has 2 saturated heterocycles. The zero-order valence-electron chi connectivity index (χ0n) is 8.54. The number of epoxide rings is 2. The van der Waals surface area contributed by atoms with Gasteiger partial charge in [-0.1, -0.05) is 25.3 Å². The van der Waals surface area contributed by atoms with Crippen molar-refractivity contribution in [3.63, 3.8) is 0 Å². The fourth-order valence-electron chi connectivity index (χ4n) is 2.92. The third-order valence-corrected chi connectivity index (χ3v) is 3.88. The molecule has 0 amide bonds. The molecule has 2 aliphatic heterocycles. The largest absolute Gasteiger partial charge is 0.354 e. The van der Waals surface area contributed by atoms with Gasteiger partial charge in [-0.05, 0) is 25.5 Å². The number of hydrogen-bond acceptors (Lipinski definition) is 2. The van der Waals surface area contributed by atoms with Crippen molar-refractivity contribution >= 4 is 0 Å². The fourth-order valence-corrected chi connectivity index (χ4v) is 2.92. The molecular formula is C12H14O2. The van der Waals surface area contributed by atoms with Crippen molar-refractivity contribution in [3.05, 3.63) is 37.0 Å². The van der Waals surface area contributed by atoms with Crippen LogP contribution in [0.15, 0.2) is 37.0 Å². The molecule has 74 valence electrons. The average molecular weight is 190 g/mol. The summed E-state index contributed by atoms with van der Waals surface area (Å²) < 4.78 is 11.5. The molecule has 1 aliphatic carbocycles. The normalized spacial score (nSPS) is 57.9. The molecule has 0 N–H and O–H groups in total. The van der Waals surface area contributed by atoms with E-state index in [1.54, 1.807) is 0 Å². The lowest BCUT2D eigenvalue weighted by Gasteiger charge is -2.19. The summed E-state index contributed by atoms with van der Waals surface area (Å²) in [5.41, 5.74) is 0.424. The van der Waals surface area contributed by atoms with Crippen LogP contribution in [0.4, 0.5) is 0 Å². The van der Waals surface area contributed by atoms with E-state index < -0.39 is 0 Å². The maximum atomic E-state index is 5.84. The lowest BCUT2D eigenvalue weighted by molar-refractivity contribution is 0.241. The average Bonchev–Trinajstić information content (AvgIpc) is 3.00. The summed E-state index contributed by atoms with van der Waals surface area (Å²) in [6.45, 7) is 11.8. The van der Waals surface area contributed by atoms with E-state index in [0.29, 0.717) is 0 Å². The summed E-state index contributed by atoms with van der Waals surface area (Å²) in [6, 6.07) is 0. The molecule has 0 bridgehead atoms. The summed E-state index contributed by atoms with van der Waals surface area (Å²) >= 11 is 0. The zero-order valence-corrected chi connectivity index (χ0v) is 8.54. The van der Waals surface area contributed by atoms with Crippen molar-refractivity contribution in [3.8, 4) is 0 Å². The number of ether oxygens (including phenoxy) is 2. The van der Waals surface area contributed by atoms with E-state index in [0.717, 1.165) is 0 Å². The smallest absolute Gasteiger partial charge is 0.139 e. The van der Waals surface area contributed by atoms with E-state index in [9.17, 15) is 0 Å². The minimum absolute atomic E-state index is 0.120. The Bertz CT molecular complexity index is 384. The molecule has 3 rings (SSSR count). The van der Waals surface area contributed by atoms with Gasteiger partial charge < -0.3 is 9.47 Å². The minimum Gasteiger partial charge on any atom is -0.354 e. The summed E-state index contributed by atoms with van der Waals surface area (Å²) in [7, 11) is 0. The van der Waals surface area contributed by atoms with Crippen LogP contribution in [0.1, 0.15) is 13.8 Å². The predicted molar refractivity (Wildman–Crippen MR) is 54.0 cm³/mol. The molecule has 3 aliphatic rings. The van der Waals surface area contributed by atoms with Gasteiger partial charge in [0.05, 0.1) is 0 Å². The SMILES string of the molecule is C=CC12C=C(C)C3(C=C)OC3(C)C1O2. The third kappa shape index (κ3) is 0.588. The predicted octanol–water partition coefficient (Wildman–Crippen LogP) is 1.98. The second-order valence-electron chi connectivity index (χ2n) is 4.53. The second-order valence-corrected chi connectivity index (χ2v) is 4.53. The van der Waals surface area contributed by atoms with Gasteiger partial charge in [0.25, 0.3) is 0 Å². The molecule has 2 heterocycles. The van der Waals surface area contributed by atoms with Crippen LogP contribution in [0.3, 0.4) is 0 Å². The summed E-state index contributed by atoms with van der Waals surface area (Å²) in [6.07, 6.45) is 5.98. The van der Waals surface area contributed by atoms with Gasteiger partial charge in [-0.2, -0.15) is 0 Å². The lowest BCUT2D eigenvalue weighted by atomic mass is 9.76.